The van der Waals surface area contributed by atoms with Gasteiger partial charge in [-0.05, 0) is 61.0 Å². The molecule has 1 unspecified atom stereocenters. The van der Waals surface area contributed by atoms with Crippen LogP contribution in [0.2, 0.25) is 18.6 Å². The number of fused-ring (bicyclic) bond motifs is 2. The molecular formula is C39H44N6O6Si. The molecule has 270 valence electrons. The largest absolute Gasteiger partial charge is 0.432 e. The highest BCUT2D eigenvalue weighted by Crippen LogP contribution is 2.60. The molecule has 0 bridgehead atoms. The highest BCUT2D eigenvalue weighted by Gasteiger charge is 2.66. The molecule has 0 radical (unpaired) electrons. The van der Waals surface area contributed by atoms with E-state index in [1.807, 2.05) is 99.0 Å². The molecule has 13 heteroatoms. The van der Waals surface area contributed by atoms with Crippen molar-refractivity contribution in [3.8, 4) is 0 Å². The minimum Gasteiger partial charge on any atom is -0.432 e. The first kappa shape index (κ1) is 34.4. The van der Waals surface area contributed by atoms with Gasteiger partial charge < -0.3 is 29.3 Å². The van der Waals surface area contributed by atoms with E-state index < -0.39 is 20.0 Å². The Balaban J connectivity index is 1.10. The van der Waals surface area contributed by atoms with Crippen molar-refractivity contribution < 1.29 is 29.0 Å². The van der Waals surface area contributed by atoms with Gasteiger partial charge >= 0.3 is 0 Å². The zero-order valence-corrected chi connectivity index (χ0v) is 30.7. The first-order valence-corrected chi connectivity index (χ1v) is 21.1. The molecular weight excluding hydrogens is 677 g/mol. The standard InChI is InChI=1S/C39H44N6O6Si/c1-25-37(52(2,3)50)34(15-18-42-23-32(40-41-42)30(24-46)27-7-5-4-6-8-27)51-39(25)31-21-29(44-20-17-36(44)48)13-14-33(31)45(38(39)49)22-26-9-11-28(12-10-26)43-19-16-35(43)47/h4-14,21,23,25,30,34,37,46,50H,15-20,22,24H2,1-3H3/t25-,30?,34+,37-,39+/m1/s1. The third-order valence-corrected chi connectivity index (χ3v) is 14.0. The topological polar surface area (TPSA) is 141 Å². The number of amides is 3. The molecule has 4 aliphatic heterocycles. The van der Waals surface area contributed by atoms with Crippen molar-refractivity contribution >= 4 is 43.1 Å². The molecule has 3 fully saturated rings. The summed E-state index contributed by atoms with van der Waals surface area (Å²) in [6.45, 7) is 7.77. The molecule has 5 atom stereocenters. The van der Waals surface area contributed by atoms with Crippen LogP contribution in [-0.4, -0.2) is 76.7 Å². The van der Waals surface area contributed by atoms with E-state index in [2.05, 4.69) is 10.3 Å². The maximum atomic E-state index is 15.0. The number of aliphatic hydroxyl groups excluding tert-OH is 1. The smallest absolute Gasteiger partial charge is 0.264 e. The summed E-state index contributed by atoms with van der Waals surface area (Å²) in [5, 5.41) is 18.9. The van der Waals surface area contributed by atoms with E-state index in [1.54, 1.807) is 19.4 Å². The third kappa shape index (κ3) is 5.66. The summed E-state index contributed by atoms with van der Waals surface area (Å²) < 4.78 is 8.81. The Morgan fingerprint density at radius 2 is 1.62 bits per heavy atom. The van der Waals surface area contributed by atoms with Crippen LogP contribution in [0, 0.1) is 5.92 Å². The summed E-state index contributed by atoms with van der Waals surface area (Å²) in [6.07, 6.45) is 2.91. The number of benzene rings is 3. The van der Waals surface area contributed by atoms with Gasteiger partial charge in [-0.1, -0.05) is 54.6 Å². The van der Waals surface area contributed by atoms with Gasteiger partial charge in [0.05, 0.1) is 36.6 Å². The number of hydrogen-bond donors (Lipinski definition) is 2. The maximum Gasteiger partial charge on any atom is 0.264 e. The molecule has 3 saturated heterocycles. The van der Waals surface area contributed by atoms with Gasteiger partial charge in [-0.2, -0.15) is 0 Å². The molecule has 0 saturated carbocycles. The van der Waals surface area contributed by atoms with Gasteiger partial charge in [0.1, 0.15) is 0 Å². The Hall–Kier alpha value is -4.69. The number of β-lactam (4-membered cyclic amide) rings is 2. The lowest BCUT2D eigenvalue weighted by Crippen LogP contribution is -2.46. The van der Waals surface area contributed by atoms with E-state index in [-0.39, 0.29) is 41.7 Å². The molecule has 52 heavy (non-hydrogen) atoms. The normalized spacial score (nSPS) is 24.8. The molecule has 3 aromatic carbocycles. The first-order chi connectivity index (χ1) is 25.0. The van der Waals surface area contributed by atoms with Crippen LogP contribution in [0.3, 0.4) is 0 Å². The van der Waals surface area contributed by atoms with Crippen LogP contribution < -0.4 is 14.7 Å². The van der Waals surface area contributed by atoms with Gasteiger partial charge in [0, 0.05) is 67.1 Å². The number of carbonyl (C=O) groups is 3. The summed E-state index contributed by atoms with van der Waals surface area (Å²) >= 11 is 0. The zero-order chi connectivity index (χ0) is 36.4. The van der Waals surface area contributed by atoms with Crippen LogP contribution >= 0.6 is 0 Å². The summed E-state index contributed by atoms with van der Waals surface area (Å²) in [4.78, 5) is 56.6. The van der Waals surface area contributed by atoms with E-state index in [0.29, 0.717) is 56.7 Å². The van der Waals surface area contributed by atoms with Crippen LogP contribution in [0.1, 0.15) is 54.5 Å². The van der Waals surface area contributed by atoms with Gasteiger partial charge in [-0.3, -0.25) is 19.1 Å². The Labute approximate surface area is 303 Å². The number of carbonyl (C=O) groups excluding carboxylic acids is 3. The summed E-state index contributed by atoms with van der Waals surface area (Å²) in [5.41, 5.74) is 3.88. The quantitative estimate of drug-likeness (QED) is 0.173. The predicted octanol–water partition coefficient (Wildman–Crippen LogP) is 4.31. The van der Waals surface area contributed by atoms with Crippen LogP contribution in [0.4, 0.5) is 17.1 Å². The van der Waals surface area contributed by atoms with E-state index in [4.69, 9.17) is 4.74 Å². The third-order valence-electron chi connectivity index (χ3n) is 11.5. The number of hydrogen-bond acceptors (Lipinski definition) is 8. The van der Waals surface area contributed by atoms with Crippen molar-refractivity contribution in [2.45, 2.75) is 75.5 Å². The lowest BCUT2D eigenvalue weighted by atomic mass is 9.82. The van der Waals surface area contributed by atoms with Crippen molar-refractivity contribution in [1.82, 2.24) is 15.0 Å². The van der Waals surface area contributed by atoms with E-state index in [1.165, 1.54) is 0 Å². The number of rotatable bonds is 11. The molecule has 0 aliphatic carbocycles. The molecule has 3 amide bonds. The SMILES string of the molecule is C[C@@H]1[C@@H]([Si](C)(C)O)[C@H](CCn2cc(C(CO)c3ccccc3)nn2)O[C@@]12C(=O)N(Cc1ccc(N3CCC3=O)cc1)c1ccc(N3CCC3=O)cc12. The lowest BCUT2D eigenvalue weighted by Gasteiger charge is -2.33. The van der Waals surface area contributed by atoms with Gasteiger partial charge in [0.25, 0.3) is 5.91 Å². The average Bonchev–Trinajstić information content (AvgIpc) is 3.77. The molecule has 1 spiro atoms. The molecule has 1 aromatic heterocycles. The predicted molar refractivity (Wildman–Crippen MR) is 197 cm³/mol. The first-order valence-electron chi connectivity index (χ1n) is 18.1. The second-order valence-corrected chi connectivity index (χ2v) is 19.0. The Morgan fingerprint density at radius 1 is 0.942 bits per heavy atom. The van der Waals surface area contributed by atoms with Crippen molar-refractivity contribution in [2.24, 2.45) is 5.92 Å². The number of aromatic nitrogens is 3. The van der Waals surface area contributed by atoms with Crippen molar-refractivity contribution in [1.29, 1.82) is 0 Å². The summed E-state index contributed by atoms with van der Waals surface area (Å²) in [7, 11) is -2.93. The van der Waals surface area contributed by atoms with Gasteiger partial charge in [0.2, 0.25) is 11.8 Å². The fourth-order valence-corrected chi connectivity index (χ4v) is 11.3. The average molecular weight is 721 g/mol. The fraction of sp³-hybridized carbons (Fsp3) is 0.410. The summed E-state index contributed by atoms with van der Waals surface area (Å²) in [5.74, 6) is -0.721. The van der Waals surface area contributed by atoms with Crippen LogP contribution in [0.5, 0.6) is 0 Å². The second kappa shape index (κ2) is 13.1. The Morgan fingerprint density at radius 3 is 2.23 bits per heavy atom. The number of aryl methyl sites for hydroxylation is 1. The lowest BCUT2D eigenvalue weighted by molar-refractivity contribution is -0.146. The fourth-order valence-electron chi connectivity index (χ4n) is 8.70. The molecule has 5 heterocycles. The zero-order valence-electron chi connectivity index (χ0n) is 29.7. The van der Waals surface area contributed by atoms with E-state index >= 15 is 0 Å². The van der Waals surface area contributed by atoms with Crippen LogP contribution in [0.25, 0.3) is 0 Å². The number of anilines is 3. The van der Waals surface area contributed by atoms with Crippen LogP contribution in [-0.2, 0) is 37.8 Å². The van der Waals surface area contributed by atoms with Crippen molar-refractivity contribution in [2.75, 3.05) is 34.4 Å². The molecule has 8 rings (SSSR count). The number of aliphatic hydroxyl groups is 1. The van der Waals surface area contributed by atoms with Crippen molar-refractivity contribution in [3.05, 3.63) is 101 Å². The highest BCUT2D eigenvalue weighted by molar-refractivity contribution is 6.71. The van der Waals surface area contributed by atoms with Gasteiger partial charge in [0.15, 0.2) is 13.9 Å². The molecule has 2 N–H and O–H groups in total. The Bertz CT molecular complexity index is 2020. The van der Waals surface area contributed by atoms with E-state index in [9.17, 15) is 24.3 Å². The number of ether oxygens (including phenoxy) is 1. The van der Waals surface area contributed by atoms with Gasteiger partial charge in [-0.15, -0.1) is 5.10 Å². The minimum atomic E-state index is -2.93. The molecule has 4 aliphatic rings. The monoisotopic (exact) mass is 720 g/mol. The summed E-state index contributed by atoms with van der Waals surface area (Å²) in [6, 6.07) is 23.2. The van der Waals surface area contributed by atoms with E-state index in [0.717, 1.165) is 28.2 Å². The second-order valence-electron chi connectivity index (χ2n) is 15.1. The highest BCUT2D eigenvalue weighted by atomic mass is 28.4. The Kier molecular flexibility index (Phi) is 8.64. The van der Waals surface area contributed by atoms with Gasteiger partial charge in [-0.25, -0.2) is 0 Å². The maximum absolute atomic E-state index is 15.0. The van der Waals surface area contributed by atoms with Crippen molar-refractivity contribution in [3.63, 3.8) is 0 Å². The minimum absolute atomic E-state index is 0.0406. The van der Waals surface area contributed by atoms with Crippen LogP contribution in [0.15, 0.2) is 79.0 Å². The molecule has 12 nitrogen and oxygen atoms in total. The molecule has 4 aromatic rings. The number of nitrogens with zero attached hydrogens (tertiary/aromatic N) is 6.